The molecule has 1 nitrogen and oxygen atoms in total. The predicted molar refractivity (Wildman–Crippen MR) is 38.3 cm³/mol. The fraction of sp³-hybridized carbons (Fsp3) is 1.00. The summed E-state index contributed by atoms with van der Waals surface area (Å²) in [4.78, 5) is 0. The molecule has 0 aliphatic rings. The summed E-state index contributed by atoms with van der Waals surface area (Å²) in [5.74, 6) is 0. The largest absolute Gasteiger partial charge is 0.454 e. The normalized spacial score (nSPS) is 9.25. The average Bonchev–Trinajstić information content (AvgIpc) is 1.81. The minimum atomic E-state index is 0.365. The van der Waals surface area contributed by atoms with Crippen molar-refractivity contribution in [3.05, 3.63) is 0 Å². The highest BCUT2D eigenvalue weighted by molar-refractivity contribution is 6.25. The Balaban J connectivity index is 2.53. The first kappa shape index (κ1) is 8.02. The second-order valence-corrected chi connectivity index (χ2v) is 2.14. The zero-order chi connectivity index (χ0) is 6.24. The van der Waals surface area contributed by atoms with Crippen molar-refractivity contribution in [1.29, 1.82) is 0 Å². The Kier molecular flexibility index (Phi) is 7.05. The maximum absolute atomic E-state index is 8.37. The zero-order valence-corrected chi connectivity index (χ0v) is 5.69. The van der Waals surface area contributed by atoms with Crippen LogP contribution in [0.15, 0.2) is 0 Å². The summed E-state index contributed by atoms with van der Waals surface area (Å²) in [5.41, 5.74) is 0. The molecule has 0 bridgehead atoms. The molecule has 0 aliphatic heterocycles. The molecule has 0 saturated carbocycles. The second kappa shape index (κ2) is 7.02. The van der Waals surface area contributed by atoms with Gasteiger partial charge in [-0.2, -0.15) is 0 Å². The molecule has 0 aromatic carbocycles. The molecule has 8 heavy (non-hydrogen) atoms. The van der Waals surface area contributed by atoms with Gasteiger partial charge in [-0.3, -0.25) is 0 Å². The van der Waals surface area contributed by atoms with Crippen molar-refractivity contribution in [2.24, 2.45) is 0 Å². The molecule has 48 valence electrons. The topological polar surface area (TPSA) is 20.2 Å². The smallest absolute Gasteiger partial charge is 0.270 e. The highest BCUT2D eigenvalue weighted by Crippen LogP contribution is 2.00. The summed E-state index contributed by atoms with van der Waals surface area (Å²) < 4.78 is 0. The Bertz CT molecular complexity index is 33.5. The molecule has 0 amide bonds. The maximum Gasteiger partial charge on any atom is 0.270 e. The van der Waals surface area contributed by atoms with Crippen LogP contribution in [0.2, 0.25) is 6.32 Å². The van der Waals surface area contributed by atoms with Crippen LogP contribution in [-0.4, -0.2) is 12.5 Å². The van der Waals surface area contributed by atoms with E-state index in [0.717, 1.165) is 6.32 Å². The van der Waals surface area contributed by atoms with Gasteiger partial charge in [0.05, 0.1) is 0 Å². The van der Waals surface area contributed by atoms with E-state index >= 15 is 0 Å². The Labute approximate surface area is 52.4 Å². The van der Waals surface area contributed by atoms with E-state index in [2.05, 4.69) is 6.92 Å². The fourth-order valence-corrected chi connectivity index (χ4v) is 0.715. The minimum absolute atomic E-state index is 0.365. The molecule has 0 spiro atoms. The highest BCUT2D eigenvalue weighted by Gasteiger charge is 1.86. The summed E-state index contributed by atoms with van der Waals surface area (Å²) in [5, 5.41) is 8.37. The Morgan fingerprint density at radius 2 is 2.00 bits per heavy atom. The van der Waals surface area contributed by atoms with Crippen molar-refractivity contribution < 1.29 is 5.02 Å². The van der Waals surface area contributed by atoms with Crippen LogP contribution in [0.25, 0.3) is 0 Å². The van der Waals surface area contributed by atoms with E-state index in [-0.39, 0.29) is 0 Å². The van der Waals surface area contributed by atoms with E-state index in [1.807, 2.05) is 0 Å². The first-order chi connectivity index (χ1) is 3.91. The molecule has 2 heteroatoms. The van der Waals surface area contributed by atoms with Crippen LogP contribution in [0.4, 0.5) is 0 Å². The lowest BCUT2D eigenvalue weighted by Gasteiger charge is -1.92. The van der Waals surface area contributed by atoms with E-state index in [1.165, 1.54) is 25.7 Å². The molecular weight excluding hydrogens is 98.9 g/mol. The van der Waals surface area contributed by atoms with Gasteiger partial charge in [-0.25, -0.2) is 0 Å². The SMILES string of the molecule is CCCCCCBO. The molecule has 0 radical (unpaired) electrons. The molecule has 0 rings (SSSR count). The molecule has 0 saturated heterocycles. The first-order valence-corrected chi connectivity index (χ1v) is 3.52. The van der Waals surface area contributed by atoms with Gasteiger partial charge in [-0.05, 0) is 0 Å². The van der Waals surface area contributed by atoms with Crippen LogP contribution in [0.1, 0.15) is 32.6 Å². The van der Waals surface area contributed by atoms with Crippen molar-refractivity contribution in [3.8, 4) is 0 Å². The lowest BCUT2D eigenvalue weighted by molar-refractivity contribution is 0.589. The quantitative estimate of drug-likeness (QED) is 0.422. The number of rotatable bonds is 5. The van der Waals surface area contributed by atoms with Gasteiger partial charge in [0, 0.05) is 0 Å². The molecule has 0 unspecified atom stereocenters. The molecule has 0 heterocycles. The monoisotopic (exact) mass is 114 g/mol. The Morgan fingerprint density at radius 3 is 2.50 bits per heavy atom. The molecule has 0 aromatic rings. The van der Waals surface area contributed by atoms with Gasteiger partial charge in [0.25, 0.3) is 7.48 Å². The van der Waals surface area contributed by atoms with E-state index in [0.29, 0.717) is 7.48 Å². The summed E-state index contributed by atoms with van der Waals surface area (Å²) in [6.07, 6.45) is 6.08. The second-order valence-electron chi connectivity index (χ2n) is 2.14. The first-order valence-electron chi connectivity index (χ1n) is 3.52. The molecule has 0 aliphatic carbocycles. The third-order valence-electron chi connectivity index (χ3n) is 1.26. The van der Waals surface area contributed by atoms with Crippen LogP contribution in [0, 0.1) is 0 Å². The van der Waals surface area contributed by atoms with E-state index < -0.39 is 0 Å². The van der Waals surface area contributed by atoms with Crippen LogP contribution in [0.3, 0.4) is 0 Å². The van der Waals surface area contributed by atoms with E-state index in [1.54, 1.807) is 0 Å². The van der Waals surface area contributed by atoms with Crippen molar-refractivity contribution in [3.63, 3.8) is 0 Å². The average molecular weight is 114 g/mol. The lowest BCUT2D eigenvalue weighted by atomic mass is 9.92. The van der Waals surface area contributed by atoms with Crippen molar-refractivity contribution >= 4 is 7.48 Å². The fourth-order valence-electron chi connectivity index (χ4n) is 0.715. The summed E-state index contributed by atoms with van der Waals surface area (Å²) >= 11 is 0. The van der Waals surface area contributed by atoms with Gasteiger partial charge >= 0.3 is 0 Å². The summed E-state index contributed by atoms with van der Waals surface area (Å²) in [7, 11) is 0.365. The molecular formula is C6H15BO. The van der Waals surface area contributed by atoms with Gasteiger partial charge in [-0.1, -0.05) is 38.9 Å². The number of hydrogen-bond donors (Lipinski definition) is 1. The predicted octanol–water partition coefficient (Wildman–Crippen LogP) is 1.33. The third kappa shape index (κ3) is 6.02. The van der Waals surface area contributed by atoms with Crippen LogP contribution < -0.4 is 0 Å². The minimum Gasteiger partial charge on any atom is -0.454 e. The summed E-state index contributed by atoms with van der Waals surface area (Å²) in [6, 6.07) is 0. The van der Waals surface area contributed by atoms with Gasteiger partial charge < -0.3 is 5.02 Å². The van der Waals surface area contributed by atoms with Crippen LogP contribution in [0.5, 0.6) is 0 Å². The van der Waals surface area contributed by atoms with Gasteiger partial charge in [-0.15, -0.1) is 0 Å². The van der Waals surface area contributed by atoms with E-state index in [9.17, 15) is 0 Å². The summed E-state index contributed by atoms with van der Waals surface area (Å²) in [6.45, 7) is 2.19. The van der Waals surface area contributed by atoms with Crippen molar-refractivity contribution in [2.75, 3.05) is 0 Å². The molecule has 0 aromatic heterocycles. The highest BCUT2D eigenvalue weighted by atomic mass is 16.2. The molecule has 0 fully saturated rings. The van der Waals surface area contributed by atoms with Crippen LogP contribution >= 0.6 is 0 Å². The maximum atomic E-state index is 8.37. The zero-order valence-electron chi connectivity index (χ0n) is 5.69. The Morgan fingerprint density at radius 1 is 1.25 bits per heavy atom. The third-order valence-corrected chi connectivity index (χ3v) is 1.26. The van der Waals surface area contributed by atoms with Crippen LogP contribution in [-0.2, 0) is 0 Å². The lowest BCUT2D eigenvalue weighted by Crippen LogP contribution is -1.85. The number of unbranched alkanes of at least 4 members (excludes halogenated alkanes) is 3. The van der Waals surface area contributed by atoms with Gasteiger partial charge in [0.1, 0.15) is 0 Å². The van der Waals surface area contributed by atoms with Gasteiger partial charge in [0.2, 0.25) is 0 Å². The molecule has 1 N–H and O–H groups in total. The van der Waals surface area contributed by atoms with Crippen molar-refractivity contribution in [2.45, 2.75) is 38.9 Å². The number of hydrogen-bond acceptors (Lipinski definition) is 1. The van der Waals surface area contributed by atoms with E-state index in [4.69, 9.17) is 5.02 Å². The Hall–Kier alpha value is 0.0249. The van der Waals surface area contributed by atoms with Crippen molar-refractivity contribution in [1.82, 2.24) is 0 Å². The molecule has 0 atom stereocenters. The van der Waals surface area contributed by atoms with Gasteiger partial charge in [0.15, 0.2) is 0 Å². The standard InChI is InChI=1S/C6H15BO/c1-2-3-4-5-6-7-8/h7-8H,2-6H2,1H3.